The van der Waals surface area contributed by atoms with E-state index >= 15 is 0 Å². The normalized spacial score (nSPS) is 26.2. The summed E-state index contributed by atoms with van der Waals surface area (Å²) < 4.78 is 5.32. The number of ether oxygens (including phenoxy) is 1. The number of amides is 2. The number of nitrogens with zero attached hydrogens (tertiary/aromatic N) is 2. The monoisotopic (exact) mass is 358 g/mol. The predicted octanol–water partition coefficient (Wildman–Crippen LogP) is 1.90. The molecule has 4 rings (SSSR count). The first kappa shape index (κ1) is 17.0. The third-order valence-electron chi connectivity index (χ3n) is 5.66. The lowest BCUT2D eigenvalue weighted by Crippen LogP contribution is -2.37. The molecule has 1 aliphatic carbocycles. The number of carbonyl (C=O) groups excluding carboxylic acids is 2. The topological polar surface area (TPSA) is 87.2 Å². The van der Waals surface area contributed by atoms with Gasteiger partial charge in [0.2, 0.25) is 11.8 Å². The Hall–Kier alpha value is -2.41. The van der Waals surface area contributed by atoms with Gasteiger partial charge in [0.1, 0.15) is 0 Å². The summed E-state index contributed by atoms with van der Waals surface area (Å²) in [5, 5.41) is 9.66. The summed E-state index contributed by atoms with van der Waals surface area (Å²) >= 11 is 0. The van der Waals surface area contributed by atoms with Gasteiger partial charge < -0.3 is 14.7 Å². The van der Waals surface area contributed by atoms with E-state index < -0.39 is 5.97 Å². The average molecular weight is 358 g/mol. The number of morpholine rings is 1. The molecule has 2 saturated heterocycles. The van der Waals surface area contributed by atoms with Crippen LogP contribution < -0.4 is 9.80 Å². The van der Waals surface area contributed by atoms with Gasteiger partial charge in [-0.05, 0) is 31.0 Å². The number of carboxylic acids is 1. The summed E-state index contributed by atoms with van der Waals surface area (Å²) in [7, 11) is 0. The number of benzene rings is 1. The van der Waals surface area contributed by atoms with Gasteiger partial charge >= 0.3 is 5.97 Å². The Morgan fingerprint density at radius 1 is 1.04 bits per heavy atom. The van der Waals surface area contributed by atoms with Gasteiger partial charge in [0.05, 0.1) is 42.0 Å². The smallest absolute Gasteiger partial charge is 0.337 e. The van der Waals surface area contributed by atoms with Crippen molar-refractivity contribution in [2.24, 2.45) is 11.8 Å². The Morgan fingerprint density at radius 3 is 2.23 bits per heavy atom. The van der Waals surface area contributed by atoms with Crippen LogP contribution in [0.25, 0.3) is 0 Å². The summed E-state index contributed by atoms with van der Waals surface area (Å²) in [6.45, 7) is 2.33. The Morgan fingerprint density at radius 2 is 1.65 bits per heavy atom. The lowest BCUT2D eigenvalue weighted by molar-refractivity contribution is -0.122. The van der Waals surface area contributed by atoms with E-state index in [1.54, 1.807) is 12.1 Å². The maximum atomic E-state index is 12.7. The van der Waals surface area contributed by atoms with Gasteiger partial charge in [0.25, 0.3) is 0 Å². The molecular formula is C19H22N2O5. The number of carbonyl (C=O) groups is 3. The SMILES string of the molecule is O=C(O)c1cc(N2C(=O)[C@@H]3CCCC[C@H]3C2=O)ccc1N1CCOCC1. The first-order chi connectivity index (χ1) is 12.6. The molecule has 2 amide bonds. The van der Waals surface area contributed by atoms with Gasteiger partial charge in [-0.15, -0.1) is 0 Å². The van der Waals surface area contributed by atoms with E-state index in [1.165, 1.54) is 11.0 Å². The van der Waals surface area contributed by atoms with E-state index in [0.717, 1.165) is 25.7 Å². The molecule has 2 heterocycles. The van der Waals surface area contributed by atoms with Crippen LogP contribution in [0.3, 0.4) is 0 Å². The van der Waals surface area contributed by atoms with Crippen LogP contribution >= 0.6 is 0 Å². The molecule has 0 aromatic heterocycles. The van der Waals surface area contributed by atoms with E-state index in [0.29, 0.717) is 37.7 Å². The van der Waals surface area contributed by atoms with E-state index in [1.807, 2.05) is 4.90 Å². The van der Waals surface area contributed by atoms with Crippen molar-refractivity contribution in [2.75, 3.05) is 36.1 Å². The van der Waals surface area contributed by atoms with Crippen LogP contribution in [0.15, 0.2) is 18.2 Å². The molecule has 3 fully saturated rings. The largest absolute Gasteiger partial charge is 0.478 e. The van der Waals surface area contributed by atoms with Crippen LogP contribution in [0.2, 0.25) is 0 Å². The molecule has 1 aromatic rings. The van der Waals surface area contributed by atoms with Gasteiger partial charge in [-0.2, -0.15) is 0 Å². The van der Waals surface area contributed by atoms with Crippen molar-refractivity contribution in [3.63, 3.8) is 0 Å². The minimum Gasteiger partial charge on any atom is -0.478 e. The second-order valence-electron chi connectivity index (χ2n) is 7.12. The minimum atomic E-state index is -1.06. The highest BCUT2D eigenvalue weighted by Crippen LogP contribution is 2.40. The lowest BCUT2D eigenvalue weighted by Gasteiger charge is -2.30. The van der Waals surface area contributed by atoms with Crippen molar-refractivity contribution in [3.8, 4) is 0 Å². The number of rotatable bonds is 3. The first-order valence-corrected chi connectivity index (χ1v) is 9.16. The Balaban J connectivity index is 1.69. The quantitative estimate of drug-likeness (QED) is 0.831. The molecule has 0 radical (unpaired) electrons. The van der Waals surface area contributed by atoms with Crippen molar-refractivity contribution >= 4 is 29.2 Å². The van der Waals surface area contributed by atoms with Gasteiger partial charge in [-0.3, -0.25) is 14.5 Å². The van der Waals surface area contributed by atoms with Crippen LogP contribution in [0.5, 0.6) is 0 Å². The number of fused-ring (bicyclic) bond motifs is 1. The zero-order valence-electron chi connectivity index (χ0n) is 14.5. The summed E-state index contributed by atoms with van der Waals surface area (Å²) in [6, 6.07) is 4.84. The Bertz CT molecular complexity index is 732. The molecule has 3 aliphatic rings. The fourth-order valence-corrected chi connectivity index (χ4v) is 4.33. The van der Waals surface area contributed by atoms with Crippen LogP contribution in [-0.2, 0) is 14.3 Å². The highest BCUT2D eigenvalue weighted by molar-refractivity contribution is 6.22. The number of carboxylic acid groups (broad SMARTS) is 1. The molecule has 0 spiro atoms. The van der Waals surface area contributed by atoms with Gasteiger partial charge in [0, 0.05) is 13.1 Å². The third-order valence-corrected chi connectivity index (χ3v) is 5.66. The number of hydrogen-bond donors (Lipinski definition) is 1. The van der Waals surface area contributed by atoms with Crippen molar-refractivity contribution in [1.29, 1.82) is 0 Å². The van der Waals surface area contributed by atoms with Gasteiger partial charge in [-0.25, -0.2) is 4.79 Å². The van der Waals surface area contributed by atoms with E-state index in [2.05, 4.69) is 0 Å². The molecule has 1 saturated carbocycles. The molecular weight excluding hydrogens is 336 g/mol. The molecule has 7 heteroatoms. The Kier molecular flexibility index (Phi) is 4.40. The van der Waals surface area contributed by atoms with Crippen molar-refractivity contribution in [2.45, 2.75) is 25.7 Å². The zero-order valence-corrected chi connectivity index (χ0v) is 14.5. The van der Waals surface area contributed by atoms with Crippen molar-refractivity contribution in [1.82, 2.24) is 0 Å². The minimum absolute atomic E-state index is 0.111. The Labute approximate surface area is 151 Å². The highest BCUT2D eigenvalue weighted by atomic mass is 16.5. The van der Waals surface area contributed by atoms with Crippen LogP contribution in [0.1, 0.15) is 36.0 Å². The van der Waals surface area contributed by atoms with Crippen molar-refractivity contribution in [3.05, 3.63) is 23.8 Å². The fraction of sp³-hybridized carbons (Fsp3) is 0.526. The molecule has 1 aromatic carbocycles. The maximum Gasteiger partial charge on any atom is 0.337 e. The van der Waals surface area contributed by atoms with Crippen LogP contribution in [0, 0.1) is 11.8 Å². The van der Waals surface area contributed by atoms with E-state index in [-0.39, 0.29) is 29.2 Å². The fourth-order valence-electron chi connectivity index (χ4n) is 4.33. The predicted molar refractivity (Wildman–Crippen MR) is 94.4 cm³/mol. The average Bonchev–Trinajstić information content (AvgIpc) is 2.93. The van der Waals surface area contributed by atoms with E-state index in [9.17, 15) is 19.5 Å². The second-order valence-corrected chi connectivity index (χ2v) is 7.12. The molecule has 0 bridgehead atoms. The molecule has 2 atom stereocenters. The summed E-state index contributed by atoms with van der Waals surface area (Å²) in [5.74, 6) is -1.93. The van der Waals surface area contributed by atoms with Gasteiger partial charge in [-0.1, -0.05) is 12.8 Å². The van der Waals surface area contributed by atoms with Gasteiger partial charge in [0.15, 0.2) is 0 Å². The summed E-state index contributed by atoms with van der Waals surface area (Å²) in [4.78, 5) is 40.5. The maximum absolute atomic E-state index is 12.7. The molecule has 0 unspecified atom stereocenters. The molecule has 2 aliphatic heterocycles. The number of hydrogen-bond acceptors (Lipinski definition) is 5. The van der Waals surface area contributed by atoms with Crippen molar-refractivity contribution < 1.29 is 24.2 Å². The number of imide groups is 1. The zero-order chi connectivity index (χ0) is 18.3. The summed E-state index contributed by atoms with van der Waals surface area (Å²) in [5.41, 5.74) is 1.07. The second kappa shape index (κ2) is 6.72. The van der Waals surface area contributed by atoms with Crippen LogP contribution in [0.4, 0.5) is 11.4 Å². The number of aromatic carboxylic acids is 1. The molecule has 1 N–H and O–H groups in total. The molecule has 138 valence electrons. The van der Waals surface area contributed by atoms with E-state index in [4.69, 9.17) is 4.74 Å². The standard InChI is InChI=1S/C19H22N2O5/c22-17-13-3-1-2-4-14(13)18(23)21(17)12-5-6-16(15(11-12)19(24)25)20-7-9-26-10-8-20/h5-6,11,13-14H,1-4,7-10H2,(H,24,25)/t13-,14-/m1/s1. The highest BCUT2D eigenvalue weighted by Gasteiger charge is 2.48. The molecule has 26 heavy (non-hydrogen) atoms. The lowest BCUT2D eigenvalue weighted by atomic mass is 9.81. The third kappa shape index (κ3) is 2.76. The first-order valence-electron chi connectivity index (χ1n) is 9.16. The summed E-state index contributed by atoms with van der Waals surface area (Å²) in [6.07, 6.45) is 3.40. The van der Waals surface area contributed by atoms with Crippen LogP contribution in [-0.4, -0.2) is 49.2 Å². The molecule has 7 nitrogen and oxygen atoms in total. The number of anilines is 2.